The van der Waals surface area contributed by atoms with Gasteiger partial charge in [0.05, 0.1) is 32.3 Å². The maximum absolute atomic E-state index is 13.1. The molecule has 0 saturated carbocycles. The molecule has 1 unspecified atom stereocenters. The summed E-state index contributed by atoms with van der Waals surface area (Å²) in [5, 5.41) is 0. The summed E-state index contributed by atoms with van der Waals surface area (Å²) < 4.78 is 20.8. The topological polar surface area (TPSA) is 105 Å². The van der Waals surface area contributed by atoms with E-state index < -0.39 is 35.2 Å². The number of carbonyl (C=O) groups excluding carboxylic acids is 4. The Labute approximate surface area is 173 Å². The highest BCUT2D eigenvalue weighted by molar-refractivity contribution is 6.20. The molecule has 0 aliphatic heterocycles. The fourth-order valence-electron chi connectivity index (χ4n) is 2.71. The van der Waals surface area contributed by atoms with Gasteiger partial charge in [0.1, 0.15) is 0 Å². The Hall–Kier alpha value is -2.12. The molecule has 0 aliphatic rings. The van der Waals surface area contributed by atoms with Crippen molar-refractivity contribution in [1.29, 1.82) is 0 Å². The maximum Gasteiger partial charge on any atom is 0.336 e. The molecule has 0 aromatic rings. The lowest BCUT2D eigenvalue weighted by Crippen LogP contribution is -2.57. The van der Waals surface area contributed by atoms with Crippen molar-refractivity contribution in [3.8, 4) is 0 Å². The van der Waals surface area contributed by atoms with Crippen LogP contribution in [0.15, 0.2) is 0 Å². The number of rotatable bonds is 15. The average Bonchev–Trinajstić information content (AvgIpc) is 2.72. The summed E-state index contributed by atoms with van der Waals surface area (Å²) in [6, 6.07) is 0. The van der Waals surface area contributed by atoms with Crippen LogP contribution >= 0.6 is 0 Å². The quantitative estimate of drug-likeness (QED) is 0.228. The SMILES string of the molecule is CCCOC(=O)C(CCC)C(C(=O)OCCC)(C(=O)OCCC)C(=O)OCCC. The summed E-state index contributed by atoms with van der Waals surface area (Å²) in [6.45, 7) is 9.00. The van der Waals surface area contributed by atoms with E-state index in [9.17, 15) is 19.2 Å². The van der Waals surface area contributed by atoms with Gasteiger partial charge in [-0.05, 0) is 32.1 Å². The van der Waals surface area contributed by atoms with Crippen LogP contribution in [0.2, 0.25) is 0 Å². The van der Waals surface area contributed by atoms with Gasteiger partial charge in [-0.3, -0.25) is 19.2 Å². The molecule has 168 valence electrons. The van der Waals surface area contributed by atoms with Gasteiger partial charge in [-0.2, -0.15) is 0 Å². The van der Waals surface area contributed by atoms with Crippen LogP contribution in [-0.4, -0.2) is 50.3 Å². The molecule has 29 heavy (non-hydrogen) atoms. The summed E-state index contributed by atoms with van der Waals surface area (Å²) in [4.78, 5) is 52.1. The van der Waals surface area contributed by atoms with Crippen molar-refractivity contribution < 1.29 is 38.1 Å². The van der Waals surface area contributed by atoms with Crippen LogP contribution in [0, 0.1) is 11.3 Å². The first-order valence-corrected chi connectivity index (χ1v) is 10.6. The molecule has 0 aromatic heterocycles. The first kappa shape index (κ1) is 26.9. The summed E-state index contributed by atoms with van der Waals surface area (Å²) in [5.41, 5.74) is -2.54. The van der Waals surface area contributed by atoms with Gasteiger partial charge in [-0.25, -0.2) is 0 Å². The van der Waals surface area contributed by atoms with Crippen molar-refractivity contribution in [3.63, 3.8) is 0 Å². The summed E-state index contributed by atoms with van der Waals surface area (Å²) >= 11 is 0. The molecule has 0 amide bonds. The number of esters is 4. The van der Waals surface area contributed by atoms with E-state index in [4.69, 9.17) is 18.9 Å². The van der Waals surface area contributed by atoms with Gasteiger partial charge in [0.25, 0.3) is 5.41 Å². The standard InChI is InChI=1S/C21H36O8/c1-6-11-16(17(22)26-12-7-2)21(18(23)27-13-8-3,19(24)28-14-9-4)20(25)29-15-10-5/h16H,6-15H2,1-5H3. The van der Waals surface area contributed by atoms with Crippen molar-refractivity contribution in [3.05, 3.63) is 0 Å². The molecule has 0 radical (unpaired) electrons. The summed E-state index contributed by atoms with van der Waals surface area (Å²) in [7, 11) is 0. The highest BCUT2D eigenvalue weighted by atomic mass is 16.6. The fraction of sp³-hybridized carbons (Fsp3) is 0.810. The lowest BCUT2D eigenvalue weighted by Gasteiger charge is -2.33. The summed E-state index contributed by atoms with van der Waals surface area (Å²) in [6.07, 6.45) is 2.49. The lowest BCUT2D eigenvalue weighted by molar-refractivity contribution is -0.195. The van der Waals surface area contributed by atoms with Crippen LogP contribution in [0.25, 0.3) is 0 Å². The predicted octanol–water partition coefficient (Wildman–Crippen LogP) is 3.20. The molecule has 8 nitrogen and oxygen atoms in total. The third-order valence-electron chi connectivity index (χ3n) is 4.11. The van der Waals surface area contributed by atoms with E-state index in [1.165, 1.54) is 0 Å². The first-order chi connectivity index (χ1) is 13.9. The third kappa shape index (κ3) is 7.33. The van der Waals surface area contributed by atoms with Gasteiger partial charge < -0.3 is 18.9 Å². The van der Waals surface area contributed by atoms with E-state index >= 15 is 0 Å². The van der Waals surface area contributed by atoms with Crippen molar-refractivity contribution in [1.82, 2.24) is 0 Å². The van der Waals surface area contributed by atoms with Gasteiger partial charge in [-0.1, -0.05) is 41.0 Å². The Morgan fingerprint density at radius 3 is 1.24 bits per heavy atom. The minimum atomic E-state index is -2.54. The summed E-state index contributed by atoms with van der Waals surface area (Å²) in [5.74, 6) is -5.60. The van der Waals surface area contributed by atoms with Gasteiger partial charge in [0.2, 0.25) is 0 Å². The number of hydrogen-bond donors (Lipinski definition) is 0. The van der Waals surface area contributed by atoms with Crippen LogP contribution in [0.1, 0.15) is 73.1 Å². The second kappa shape index (κ2) is 14.8. The van der Waals surface area contributed by atoms with E-state index in [1.54, 1.807) is 27.7 Å². The predicted molar refractivity (Wildman–Crippen MR) is 106 cm³/mol. The highest BCUT2D eigenvalue weighted by Crippen LogP contribution is 2.38. The molecule has 0 rings (SSSR count). The lowest BCUT2D eigenvalue weighted by atomic mass is 9.72. The fourth-order valence-corrected chi connectivity index (χ4v) is 2.71. The molecule has 0 bridgehead atoms. The molecule has 0 aliphatic carbocycles. The van der Waals surface area contributed by atoms with Gasteiger partial charge in [-0.15, -0.1) is 0 Å². The van der Waals surface area contributed by atoms with Crippen molar-refractivity contribution in [2.75, 3.05) is 26.4 Å². The molecular formula is C21H36O8. The molecule has 0 aromatic carbocycles. The van der Waals surface area contributed by atoms with Crippen LogP contribution in [0.5, 0.6) is 0 Å². The normalized spacial score (nSPS) is 12.0. The Bertz CT molecular complexity index is 478. The van der Waals surface area contributed by atoms with Gasteiger partial charge >= 0.3 is 23.9 Å². The average molecular weight is 417 g/mol. The molecule has 0 spiro atoms. The molecular weight excluding hydrogens is 380 g/mol. The van der Waals surface area contributed by atoms with Crippen LogP contribution in [0.4, 0.5) is 0 Å². The molecule has 0 heterocycles. The molecule has 1 atom stereocenters. The zero-order valence-electron chi connectivity index (χ0n) is 18.4. The number of hydrogen-bond acceptors (Lipinski definition) is 8. The molecule has 8 heteroatoms. The van der Waals surface area contributed by atoms with Crippen LogP contribution in [0.3, 0.4) is 0 Å². The Balaban J connectivity index is 6.43. The van der Waals surface area contributed by atoms with E-state index in [-0.39, 0.29) is 32.8 Å². The largest absolute Gasteiger partial charge is 0.465 e. The molecule has 0 N–H and O–H groups in total. The van der Waals surface area contributed by atoms with E-state index in [1.807, 2.05) is 6.92 Å². The minimum absolute atomic E-state index is 0.00838. The van der Waals surface area contributed by atoms with Crippen molar-refractivity contribution in [2.24, 2.45) is 11.3 Å². The van der Waals surface area contributed by atoms with E-state index in [2.05, 4.69) is 0 Å². The Morgan fingerprint density at radius 1 is 0.586 bits per heavy atom. The zero-order valence-corrected chi connectivity index (χ0v) is 18.4. The van der Waals surface area contributed by atoms with Crippen LogP contribution < -0.4 is 0 Å². The number of ether oxygens (including phenoxy) is 4. The molecule has 0 saturated heterocycles. The van der Waals surface area contributed by atoms with E-state index in [0.717, 1.165) is 0 Å². The Morgan fingerprint density at radius 2 is 0.931 bits per heavy atom. The van der Waals surface area contributed by atoms with Crippen LogP contribution in [-0.2, 0) is 38.1 Å². The van der Waals surface area contributed by atoms with Crippen molar-refractivity contribution in [2.45, 2.75) is 73.1 Å². The number of carbonyl (C=O) groups is 4. The highest BCUT2D eigenvalue weighted by Gasteiger charge is 2.65. The van der Waals surface area contributed by atoms with E-state index in [0.29, 0.717) is 32.1 Å². The van der Waals surface area contributed by atoms with Gasteiger partial charge in [0.15, 0.2) is 0 Å². The maximum atomic E-state index is 13.1. The third-order valence-corrected chi connectivity index (χ3v) is 4.11. The Kier molecular flexibility index (Phi) is 13.7. The second-order valence-corrected chi connectivity index (χ2v) is 6.72. The monoisotopic (exact) mass is 416 g/mol. The first-order valence-electron chi connectivity index (χ1n) is 10.6. The zero-order chi connectivity index (χ0) is 22.3. The smallest absolute Gasteiger partial charge is 0.336 e. The molecule has 0 fully saturated rings. The minimum Gasteiger partial charge on any atom is -0.465 e. The van der Waals surface area contributed by atoms with Gasteiger partial charge in [0, 0.05) is 0 Å². The van der Waals surface area contributed by atoms with Crippen molar-refractivity contribution >= 4 is 23.9 Å². The second-order valence-electron chi connectivity index (χ2n) is 6.72.